The minimum absolute atomic E-state index is 0.00853. The van der Waals surface area contributed by atoms with Crippen LogP contribution in [0.4, 0.5) is 0 Å². The van der Waals surface area contributed by atoms with Gasteiger partial charge in [-0.05, 0) is 68.4 Å². The van der Waals surface area contributed by atoms with Crippen molar-refractivity contribution in [3.05, 3.63) is 0 Å². The molecule has 0 saturated carbocycles. The minimum Gasteiger partial charge on any atom is -0.462 e. The number of esters is 2. The van der Waals surface area contributed by atoms with E-state index in [2.05, 4.69) is 65.3 Å². The van der Waals surface area contributed by atoms with Crippen LogP contribution in [-0.4, -0.2) is 69.7 Å². The molecule has 3 rings (SSSR count). The number of likely N-dealkylation sites (tertiary alicyclic amines) is 1. The monoisotopic (exact) mass is 492 g/mol. The molecule has 0 spiro atoms. The summed E-state index contributed by atoms with van der Waals surface area (Å²) in [6, 6.07) is 0. The van der Waals surface area contributed by atoms with Crippen molar-refractivity contribution in [1.29, 1.82) is 0 Å². The Bertz CT molecular complexity index is 744. The minimum atomic E-state index is -0.0528. The van der Waals surface area contributed by atoms with Crippen LogP contribution in [0.15, 0.2) is 0 Å². The molecule has 35 heavy (non-hydrogen) atoms. The third kappa shape index (κ3) is 7.44. The van der Waals surface area contributed by atoms with Crippen LogP contribution < -0.4 is 0 Å². The van der Waals surface area contributed by atoms with Crippen LogP contribution in [0.2, 0.25) is 0 Å². The van der Waals surface area contributed by atoms with E-state index in [0.717, 1.165) is 70.8 Å². The topological polar surface area (TPSA) is 58.9 Å². The number of fused-ring (bicyclic) bond motifs is 1. The molecule has 202 valence electrons. The molecule has 0 N–H and O–H groups in total. The van der Waals surface area contributed by atoms with E-state index in [1.807, 2.05) is 0 Å². The number of hydrogen-bond acceptors (Lipinski definition) is 6. The van der Waals surface area contributed by atoms with Crippen LogP contribution >= 0.6 is 0 Å². The van der Waals surface area contributed by atoms with E-state index in [4.69, 9.17) is 9.47 Å². The maximum Gasteiger partial charge on any atom is 0.306 e. The lowest BCUT2D eigenvalue weighted by atomic mass is 9.79. The summed E-state index contributed by atoms with van der Waals surface area (Å²) in [4.78, 5) is 29.6. The van der Waals surface area contributed by atoms with Gasteiger partial charge in [0.2, 0.25) is 0 Å². The molecule has 3 unspecified atom stereocenters. The zero-order valence-corrected chi connectivity index (χ0v) is 23.9. The van der Waals surface area contributed by atoms with Gasteiger partial charge in [0, 0.05) is 67.2 Å². The highest BCUT2D eigenvalue weighted by atomic mass is 16.5. The van der Waals surface area contributed by atoms with Crippen molar-refractivity contribution < 1.29 is 19.1 Å². The summed E-state index contributed by atoms with van der Waals surface area (Å²) in [7, 11) is 2.17. The first-order chi connectivity index (χ1) is 16.1. The Balaban J connectivity index is 1.20. The van der Waals surface area contributed by atoms with Gasteiger partial charge in [0.25, 0.3) is 0 Å². The Hall–Kier alpha value is -1.14. The molecule has 3 heterocycles. The number of piperidine rings is 2. The summed E-state index contributed by atoms with van der Waals surface area (Å²) in [5.41, 5.74) is 0.426. The Labute approximate surface area is 214 Å². The largest absolute Gasteiger partial charge is 0.462 e. The average molecular weight is 493 g/mol. The molecule has 0 aromatic rings. The molecular weight excluding hydrogens is 440 g/mol. The van der Waals surface area contributed by atoms with Crippen LogP contribution in [-0.2, 0) is 19.1 Å². The fourth-order valence-corrected chi connectivity index (χ4v) is 6.84. The second kappa shape index (κ2) is 10.7. The molecule has 3 aliphatic rings. The van der Waals surface area contributed by atoms with Crippen molar-refractivity contribution in [3.8, 4) is 0 Å². The predicted molar refractivity (Wildman–Crippen MR) is 140 cm³/mol. The Morgan fingerprint density at radius 3 is 1.51 bits per heavy atom. The standard InChI is InChI=1S/C29H52N2O4/c1-26(2)17-22(18-27(3,4)30(26)8)34-24(32)15-13-11-9-10-12-14-16-25(33)35-23-19-28(5,6)31-21-29(31,7)20-23/h22-23H,9-21H2,1-8H3. The van der Waals surface area contributed by atoms with Gasteiger partial charge in [0.05, 0.1) is 0 Å². The summed E-state index contributed by atoms with van der Waals surface area (Å²) in [6.07, 6.45) is 10.8. The Morgan fingerprint density at radius 2 is 1.06 bits per heavy atom. The first kappa shape index (κ1) is 28.4. The smallest absolute Gasteiger partial charge is 0.306 e. The lowest BCUT2D eigenvalue weighted by molar-refractivity contribution is -0.159. The van der Waals surface area contributed by atoms with Crippen LogP contribution in [0.25, 0.3) is 0 Å². The van der Waals surface area contributed by atoms with Gasteiger partial charge in [0.1, 0.15) is 12.2 Å². The van der Waals surface area contributed by atoms with Gasteiger partial charge >= 0.3 is 11.9 Å². The van der Waals surface area contributed by atoms with Crippen molar-refractivity contribution in [3.63, 3.8) is 0 Å². The summed E-state index contributed by atoms with van der Waals surface area (Å²) >= 11 is 0. The van der Waals surface area contributed by atoms with Gasteiger partial charge in [-0.3, -0.25) is 19.4 Å². The van der Waals surface area contributed by atoms with Crippen molar-refractivity contribution in [2.45, 2.75) is 160 Å². The molecule has 3 atom stereocenters. The zero-order chi connectivity index (χ0) is 26.1. The molecule has 0 amide bonds. The first-order valence-corrected chi connectivity index (χ1v) is 14.1. The first-order valence-electron chi connectivity index (χ1n) is 14.1. The van der Waals surface area contributed by atoms with Crippen LogP contribution in [0, 0.1) is 0 Å². The molecule has 6 nitrogen and oxygen atoms in total. The fourth-order valence-electron chi connectivity index (χ4n) is 6.84. The van der Waals surface area contributed by atoms with Gasteiger partial charge in [-0.25, -0.2) is 0 Å². The third-order valence-electron chi connectivity index (χ3n) is 9.05. The Morgan fingerprint density at radius 1 is 0.657 bits per heavy atom. The molecule has 0 bridgehead atoms. The summed E-state index contributed by atoms with van der Waals surface area (Å²) in [6.45, 7) is 16.8. The fraction of sp³-hybridized carbons (Fsp3) is 0.931. The second-order valence-corrected chi connectivity index (χ2v) is 13.7. The van der Waals surface area contributed by atoms with E-state index in [0.29, 0.717) is 12.8 Å². The van der Waals surface area contributed by atoms with Crippen molar-refractivity contribution in [2.24, 2.45) is 0 Å². The molecule has 0 aromatic carbocycles. The number of hydrogen-bond donors (Lipinski definition) is 0. The molecule has 3 saturated heterocycles. The maximum atomic E-state index is 12.4. The van der Waals surface area contributed by atoms with E-state index in [1.54, 1.807) is 0 Å². The average Bonchev–Trinajstić information content (AvgIpc) is 3.40. The second-order valence-electron chi connectivity index (χ2n) is 13.7. The number of nitrogens with zero attached hydrogens (tertiary/aromatic N) is 2. The summed E-state index contributed by atoms with van der Waals surface area (Å²) < 4.78 is 11.7. The Kier molecular flexibility index (Phi) is 8.68. The van der Waals surface area contributed by atoms with Crippen molar-refractivity contribution in [2.75, 3.05) is 13.6 Å². The lowest BCUT2D eigenvalue weighted by Crippen LogP contribution is -2.60. The molecule has 0 aromatic heterocycles. The summed E-state index contributed by atoms with van der Waals surface area (Å²) in [5, 5.41) is 0. The normalized spacial score (nSPS) is 31.4. The van der Waals surface area contributed by atoms with E-state index >= 15 is 0 Å². The highest BCUT2D eigenvalue weighted by molar-refractivity contribution is 5.70. The maximum absolute atomic E-state index is 12.4. The van der Waals surface area contributed by atoms with E-state index in [9.17, 15) is 9.59 Å². The van der Waals surface area contributed by atoms with Crippen LogP contribution in [0.5, 0.6) is 0 Å². The van der Waals surface area contributed by atoms with Gasteiger partial charge in [0.15, 0.2) is 0 Å². The quantitative estimate of drug-likeness (QED) is 0.205. The molecule has 6 heteroatoms. The molecular formula is C29H52N2O4. The predicted octanol–water partition coefficient (Wildman–Crippen LogP) is 5.86. The van der Waals surface area contributed by atoms with Gasteiger partial charge in [-0.2, -0.15) is 0 Å². The van der Waals surface area contributed by atoms with E-state index in [-0.39, 0.29) is 46.3 Å². The molecule has 0 radical (unpaired) electrons. The molecule has 3 fully saturated rings. The lowest BCUT2D eigenvalue weighted by Gasteiger charge is -2.53. The summed E-state index contributed by atoms with van der Waals surface area (Å²) in [5.74, 6) is -0.0885. The highest BCUT2D eigenvalue weighted by Gasteiger charge is 2.59. The number of ether oxygens (including phenoxy) is 2. The SMILES string of the molecule is CN1C(C)(C)CC(OC(=O)CCCCCCCCC(=O)OC2CC(C)(C)N3CC3(C)C2)CC1(C)C. The van der Waals surface area contributed by atoms with Crippen LogP contribution in [0.1, 0.15) is 126 Å². The van der Waals surface area contributed by atoms with Gasteiger partial charge < -0.3 is 9.47 Å². The number of unbranched alkanes of at least 4 members (excludes halogenated alkanes) is 5. The van der Waals surface area contributed by atoms with E-state index < -0.39 is 0 Å². The van der Waals surface area contributed by atoms with Crippen molar-refractivity contribution in [1.82, 2.24) is 9.80 Å². The number of carbonyl (C=O) groups is 2. The highest BCUT2D eigenvalue weighted by Crippen LogP contribution is 2.50. The van der Waals surface area contributed by atoms with E-state index in [1.165, 1.54) is 0 Å². The zero-order valence-electron chi connectivity index (χ0n) is 23.9. The van der Waals surface area contributed by atoms with Gasteiger partial charge in [-0.1, -0.05) is 25.7 Å². The third-order valence-corrected chi connectivity index (χ3v) is 9.05. The molecule has 0 aliphatic carbocycles. The van der Waals surface area contributed by atoms with Crippen LogP contribution in [0.3, 0.4) is 0 Å². The molecule has 3 aliphatic heterocycles. The van der Waals surface area contributed by atoms with Gasteiger partial charge in [-0.15, -0.1) is 0 Å². The number of carbonyl (C=O) groups excluding carboxylic acids is 2. The number of rotatable bonds is 11. The van der Waals surface area contributed by atoms with Crippen molar-refractivity contribution >= 4 is 11.9 Å².